The maximum Gasteiger partial charge on any atom is 0.235 e. The number of amides is 1. The highest BCUT2D eigenvalue weighted by atomic mass is 32.2. The number of carbonyl (C=O) groups excluding carboxylic acids is 1. The molecule has 1 saturated heterocycles. The lowest BCUT2D eigenvalue weighted by molar-refractivity contribution is -0.117. The van der Waals surface area contributed by atoms with Gasteiger partial charge in [0.25, 0.3) is 0 Å². The Morgan fingerprint density at radius 1 is 1.21 bits per heavy atom. The first-order chi connectivity index (χ1) is 13.6. The molecule has 9 heteroatoms. The van der Waals surface area contributed by atoms with E-state index in [1.165, 1.54) is 23.9 Å². The number of hydrogen-bond acceptors (Lipinski definition) is 6. The van der Waals surface area contributed by atoms with Gasteiger partial charge in [-0.3, -0.25) is 9.36 Å². The average Bonchev–Trinajstić information content (AvgIpc) is 3.43. The van der Waals surface area contributed by atoms with Crippen LogP contribution in [-0.2, 0) is 11.3 Å². The SMILES string of the molecule is NC(=O)[C@H](Sc1nnc(N2CCCC2)n1Cc1ccco1)c1ccc(F)cc1. The van der Waals surface area contributed by atoms with E-state index in [-0.39, 0.29) is 5.82 Å². The highest BCUT2D eigenvalue weighted by molar-refractivity contribution is 8.00. The number of hydrogen-bond donors (Lipinski definition) is 1. The Hall–Kier alpha value is -2.81. The minimum Gasteiger partial charge on any atom is -0.467 e. The van der Waals surface area contributed by atoms with Crippen LogP contribution >= 0.6 is 11.8 Å². The van der Waals surface area contributed by atoms with Crippen LogP contribution in [0.1, 0.15) is 29.4 Å². The molecular weight excluding hydrogens is 381 g/mol. The first-order valence-corrected chi connectivity index (χ1v) is 9.92. The lowest BCUT2D eigenvalue weighted by Crippen LogP contribution is -2.23. The number of thioether (sulfide) groups is 1. The maximum atomic E-state index is 13.3. The molecule has 0 radical (unpaired) electrons. The van der Waals surface area contributed by atoms with Gasteiger partial charge in [-0.05, 0) is 42.7 Å². The van der Waals surface area contributed by atoms with Gasteiger partial charge in [0.2, 0.25) is 11.9 Å². The second-order valence-corrected chi connectivity index (χ2v) is 7.67. The lowest BCUT2D eigenvalue weighted by atomic mass is 10.1. The van der Waals surface area contributed by atoms with Crippen LogP contribution in [0.25, 0.3) is 0 Å². The molecule has 2 aromatic heterocycles. The Morgan fingerprint density at radius 3 is 2.61 bits per heavy atom. The van der Waals surface area contributed by atoms with Crippen molar-refractivity contribution in [3.8, 4) is 0 Å². The van der Waals surface area contributed by atoms with Gasteiger partial charge in [-0.1, -0.05) is 23.9 Å². The van der Waals surface area contributed by atoms with E-state index in [0.717, 1.165) is 37.6 Å². The summed E-state index contributed by atoms with van der Waals surface area (Å²) in [6, 6.07) is 9.46. The molecule has 1 fully saturated rings. The molecule has 3 aromatic rings. The second kappa shape index (κ2) is 8.05. The van der Waals surface area contributed by atoms with Crippen molar-refractivity contribution in [1.29, 1.82) is 0 Å². The summed E-state index contributed by atoms with van der Waals surface area (Å²) in [5.41, 5.74) is 6.25. The molecule has 0 spiro atoms. The summed E-state index contributed by atoms with van der Waals surface area (Å²) in [5, 5.41) is 8.54. The van der Waals surface area contributed by atoms with E-state index in [2.05, 4.69) is 15.1 Å². The maximum absolute atomic E-state index is 13.3. The minimum absolute atomic E-state index is 0.366. The van der Waals surface area contributed by atoms with Gasteiger partial charge >= 0.3 is 0 Å². The van der Waals surface area contributed by atoms with E-state index in [1.807, 2.05) is 16.7 Å². The number of rotatable bonds is 7. The van der Waals surface area contributed by atoms with E-state index in [9.17, 15) is 9.18 Å². The van der Waals surface area contributed by atoms with Crippen LogP contribution in [0.5, 0.6) is 0 Å². The number of nitrogens with zero attached hydrogens (tertiary/aromatic N) is 4. The summed E-state index contributed by atoms with van der Waals surface area (Å²) >= 11 is 1.21. The molecule has 1 atom stereocenters. The van der Waals surface area contributed by atoms with Crippen LogP contribution in [0, 0.1) is 5.82 Å². The molecule has 7 nitrogen and oxygen atoms in total. The number of benzene rings is 1. The van der Waals surface area contributed by atoms with Gasteiger partial charge in [-0.2, -0.15) is 0 Å². The monoisotopic (exact) mass is 401 g/mol. The number of halogens is 1. The molecule has 1 aliphatic rings. The third-order valence-electron chi connectivity index (χ3n) is 4.63. The van der Waals surface area contributed by atoms with Crippen molar-refractivity contribution in [2.45, 2.75) is 29.8 Å². The van der Waals surface area contributed by atoms with Crippen molar-refractivity contribution in [3.63, 3.8) is 0 Å². The van der Waals surface area contributed by atoms with E-state index in [1.54, 1.807) is 18.4 Å². The quantitative estimate of drug-likeness (QED) is 0.612. The highest BCUT2D eigenvalue weighted by Gasteiger charge is 2.27. The molecule has 3 heterocycles. The Morgan fingerprint density at radius 2 is 1.96 bits per heavy atom. The van der Waals surface area contributed by atoms with Gasteiger partial charge in [-0.15, -0.1) is 10.2 Å². The van der Waals surface area contributed by atoms with Gasteiger partial charge < -0.3 is 15.1 Å². The van der Waals surface area contributed by atoms with Gasteiger partial charge in [0.15, 0.2) is 5.16 Å². The Bertz CT molecular complexity index is 936. The zero-order valence-electron chi connectivity index (χ0n) is 15.1. The van der Waals surface area contributed by atoms with E-state index in [0.29, 0.717) is 17.3 Å². The van der Waals surface area contributed by atoms with Crippen LogP contribution in [0.3, 0.4) is 0 Å². The zero-order valence-corrected chi connectivity index (χ0v) is 15.9. The lowest BCUT2D eigenvalue weighted by Gasteiger charge is -2.19. The van der Waals surface area contributed by atoms with Crippen LogP contribution in [0.2, 0.25) is 0 Å². The Labute approximate surface area is 165 Å². The smallest absolute Gasteiger partial charge is 0.235 e. The second-order valence-electron chi connectivity index (χ2n) is 6.59. The number of furan rings is 1. The van der Waals surface area contributed by atoms with Crippen LogP contribution < -0.4 is 10.6 Å². The molecule has 0 saturated carbocycles. The highest BCUT2D eigenvalue weighted by Crippen LogP contribution is 2.36. The summed E-state index contributed by atoms with van der Waals surface area (Å²) in [6.45, 7) is 2.28. The fourth-order valence-electron chi connectivity index (χ4n) is 3.25. The molecule has 1 aliphatic heterocycles. The standard InChI is InChI=1S/C19H20FN5O2S/c20-14-7-5-13(6-8-14)16(17(21)26)28-19-23-22-18(24-9-1-2-10-24)25(19)12-15-4-3-11-27-15/h3-8,11,16H,1-2,9-10,12H2,(H2,21,26)/t16-/m1/s1. The number of nitrogens with two attached hydrogens (primary N) is 1. The molecule has 4 rings (SSSR count). The predicted molar refractivity (Wildman–Crippen MR) is 103 cm³/mol. The van der Waals surface area contributed by atoms with E-state index in [4.69, 9.17) is 10.2 Å². The molecule has 1 amide bonds. The minimum atomic E-state index is -0.702. The summed E-state index contributed by atoms with van der Waals surface area (Å²) in [7, 11) is 0. The molecule has 1 aromatic carbocycles. The van der Waals surface area contributed by atoms with Crippen LogP contribution in [0.4, 0.5) is 10.3 Å². The molecule has 2 N–H and O–H groups in total. The number of aromatic nitrogens is 3. The van der Waals surface area contributed by atoms with E-state index < -0.39 is 11.2 Å². The Balaban J connectivity index is 1.67. The van der Waals surface area contributed by atoms with E-state index >= 15 is 0 Å². The molecule has 0 bridgehead atoms. The summed E-state index contributed by atoms with van der Waals surface area (Å²) in [6.07, 6.45) is 3.83. The van der Waals surface area contributed by atoms with Crippen molar-refractivity contribution in [3.05, 3.63) is 59.8 Å². The van der Waals surface area contributed by atoms with Crippen molar-refractivity contribution in [2.24, 2.45) is 5.73 Å². The summed E-state index contributed by atoms with van der Waals surface area (Å²) < 4.78 is 20.7. The zero-order chi connectivity index (χ0) is 19.5. The predicted octanol–water partition coefficient (Wildman–Crippen LogP) is 2.98. The number of anilines is 1. The third-order valence-corrected chi connectivity index (χ3v) is 5.89. The Kier molecular flexibility index (Phi) is 5.34. The topological polar surface area (TPSA) is 90.2 Å². The third kappa shape index (κ3) is 3.89. The van der Waals surface area contributed by atoms with Gasteiger partial charge in [0.1, 0.15) is 16.8 Å². The molecule has 0 unspecified atom stereocenters. The molecule has 0 aliphatic carbocycles. The molecule has 146 valence electrons. The largest absolute Gasteiger partial charge is 0.467 e. The van der Waals surface area contributed by atoms with Gasteiger partial charge in [-0.25, -0.2) is 4.39 Å². The summed E-state index contributed by atoms with van der Waals surface area (Å²) in [4.78, 5) is 14.3. The average molecular weight is 401 g/mol. The van der Waals surface area contributed by atoms with Gasteiger partial charge in [0, 0.05) is 13.1 Å². The van der Waals surface area contributed by atoms with Crippen LogP contribution in [-0.4, -0.2) is 33.8 Å². The normalized spacial score (nSPS) is 15.1. The molecule has 28 heavy (non-hydrogen) atoms. The fraction of sp³-hybridized carbons (Fsp3) is 0.316. The summed E-state index contributed by atoms with van der Waals surface area (Å²) in [5.74, 6) is 0.624. The van der Waals surface area contributed by atoms with Crippen molar-refractivity contribution in [2.75, 3.05) is 18.0 Å². The van der Waals surface area contributed by atoms with Gasteiger partial charge in [0.05, 0.1) is 12.8 Å². The first kappa shape index (κ1) is 18.5. The first-order valence-electron chi connectivity index (χ1n) is 9.04. The van der Waals surface area contributed by atoms with Crippen LogP contribution in [0.15, 0.2) is 52.2 Å². The molecular formula is C19H20FN5O2S. The van der Waals surface area contributed by atoms with Crippen molar-refractivity contribution < 1.29 is 13.6 Å². The number of carbonyl (C=O) groups is 1. The number of primary amides is 1. The van der Waals surface area contributed by atoms with Crippen molar-refractivity contribution in [1.82, 2.24) is 14.8 Å². The van der Waals surface area contributed by atoms with Crippen molar-refractivity contribution >= 4 is 23.6 Å². The fourth-order valence-corrected chi connectivity index (χ4v) is 4.23.